The van der Waals surface area contributed by atoms with Crippen LogP contribution in [0.2, 0.25) is 0 Å². The molecule has 1 saturated heterocycles. The number of nitro benzene ring substituents is 1. The summed E-state index contributed by atoms with van der Waals surface area (Å²) in [5.74, 6) is 0. The highest BCUT2D eigenvalue weighted by molar-refractivity contribution is 5.93. The number of rotatable bonds is 4. The standard InChI is InChI=1S/C17H17N5O3/c23-22(24)15-7-6-14(16-17(15)19-25-18-16)21-10-8-20(9-11-21)12-13-4-2-1-3-5-13/h1-7H,8-12H2. The molecule has 0 bridgehead atoms. The van der Waals surface area contributed by atoms with E-state index in [9.17, 15) is 10.1 Å². The van der Waals surface area contributed by atoms with Gasteiger partial charge in [0.15, 0.2) is 5.52 Å². The fraction of sp³-hybridized carbons (Fsp3) is 0.294. The fourth-order valence-electron chi connectivity index (χ4n) is 3.23. The third-order valence-corrected chi connectivity index (χ3v) is 4.53. The molecule has 0 spiro atoms. The molecule has 0 atom stereocenters. The molecule has 4 rings (SSSR count). The van der Waals surface area contributed by atoms with Crippen LogP contribution in [0.4, 0.5) is 11.4 Å². The first kappa shape index (κ1) is 15.5. The maximum Gasteiger partial charge on any atom is 0.300 e. The van der Waals surface area contributed by atoms with Gasteiger partial charge in [-0.3, -0.25) is 15.0 Å². The number of fused-ring (bicyclic) bond motifs is 1. The van der Waals surface area contributed by atoms with Crippen molar-refractivity contribution in [3.63, 3.8) is 0 Å². The van der Waals surface area contributed by atoms with Gasteiger partial charge < -0.3 is 4.90 Å². The second-order valence-electron chi connectivity index (χ2n) is 6.07. The van der Waals surface area contributed by atoms with Crippen molar-refractivity contribution >= 4 is 22.4 Å². The number of anilines is 1. The molecule has 25 heavy (non-hydrogen) atoms. The van der Waals surface area contributed by atoms with E-state index in [1.807, 2.05) is 6.07 Å². The van der Waals surface area contributed by atoms with Gasteiger partial charge in [0.25, 0.3) is 0 Å². The lowest BCUT2D eigenvalue weighted by Gasteiger charge is -2.36. The van der Waals surface area contributed by atoms with Crippen LogP contribution in [0, 0.1) is 10.1 Å². The van der Waals surface area contributed by atoms with Gasteiger partial charge in [0, 0.05) is 38.8 Å². The molecule has 8 heteroatoms. The monoisotopic (exact) mass is 339 g/mol. The highest BCUT2D eigenvalue weighted by Crippen LogP contribution is 2.31. The van der Waals surface area contributed by atoms with Gasteiger partial charge in [-0.05, 0) is 21.9 Å². The molecule has 2 aromatic carbocycles. The molecule has 0 amide bonds. The predicted molar refractivity (Wildman–Crippen MR) is 92.4 cm³/mol. The maximum absolute atomic E-state index is 11.1. The van der Waals surface area contributed by atoms with E-state index in [0.29, 0.717) is 5.52 Å². The van der Waals surface area contributed by atoms with E-state index >= 15 is 0 Å². The summed E-state index contributed by atoms with van der Waals surface area (Å²) in [5.41, 5.74) is 2.71. The Labute approximate surface area is 143 Å². The number of hydrogen-bond donors (Lipinski definition) is 0. The Morgan fingerprint density at radius 1 is 1.00 bits per heavy atom. The van der Waals surface area contributed by atoms with Gasteiger partial charge in [0.1, 0.15) is 0 Å². The van der Waals surface area contributed by atoms with Crippen molar-refractivity contribution in [1.82, 2.24) is 15.2 Å². The molecule has 0 aliphatic carbocycles. The average Bonchev–Trinajstić information content (AvgIpc) is 3.12. The molecule has 0 saturated carbocycles. The SMILES string of the molecule is O=[N+]([O-])c1ccc(N2CCN(Cc3ccccc3)CC2)c2nonc12. The topological polar surface area (TPSA) is 88.5 Å². The summed E-state index contributed by atoms with van der Waals surface area (Å²) in [6, 6.07) is 13.6. The molecular weight excluding hydrogens is 322 g/mol. The minimum absolute atomic E-state index is 0.0808. The van der Waals surface area contributed by atoms with Crippen LogP contribution >= 0.6 is 0 Å². The van der Waals surface area contributed by atoms with Crippen molar-refractivity contribution in [3.05, 3.63) is 58.1 Å². The third-order valence-electron chi connectivity index (χ3n) is 4.53. The molecule has 1 fully saturated rings. The lowest BCUT2D eigenvalue weighted by Crippen LogP contribution is -2.46. The lowest BCUT2D eigenvalue weighted by molar-refractivity contribution is -0.383. The first-order valence-electron chi connectivity index (χ1n) is 8.13. The Hall–Kier alpha value is -3.00. The number of nitrogens with zero attached hydrogens (tertiary/aromatic N) is 5. The van der Waals surface area contributed by atoms with Gasteiger partial charge in [-0.25, -0.2) is 4.63 Å². The number of non-ortho nitro benzene ring substituents is 1. The second-order valence-corrected chi connectivity index (χ2v) is 6.07. The Bertz CT molecular complexity index is 888. The minimum atomic E-state index is -0.464. The van der Waals surface area contributed by atoms with Gasteiger partial charge in [-0.1, -0.05) is 30.3 Å². The molecule has 3 aromatic rings. The quantitative estimate of drug-likeness (QED) is 0.533. The van der Waals surface area contributed by atoms with Crippen molar-refractivity contribution in [2.75, 3.05) is 31.1 Å². The first-order valence-corrected chi connectivity index (χ1v) is 8.13. The molecule has 1 aromatic heterocycles. The maximum atomic E-state index is 11.1. The molecule has 1 aliphatic rings. The highest BCUT2D eigenvalue weighted by Gasteiger charge is 2.24. The summed E-state index contributed by atoms with van der Waals surface area (Å²) < 4.78 is 4.75. The number of hydrogen-bond acceptors (Lipinski definition) is 7. The van der Waals surface area contributed by atoms with E-state index in [4.69, 9.17) is 4.63 Å². The highest BCUT2D eigenvalue weighted by atomic mass is 16.6. The Kier molecular flexibility index (Phi) is 4.02. The molecule has 0 unspecified atom stereocenters. The second kappa shape index (κ2) is 6.48. The summed E-state index contributed by atoms with van der Waals surface area (Å²) in [6.45, 7) is 4.41. The number of benzene rings is 2. The largest absolute Gasteiger partial charge is 0.367 e. The fourth-order valence-corrected chi connectivity index (χ4v) is 3.23. The predicted octanol–water partition coefficient (Wildman–Crippen LogP) is 2.45. The van der Waals surface area contributed by atoms with Crippen LogP contribution in [0.15, 0.2) is 47.1 Å². The van der Waals surface area contributed by atoms with Crippen LogP contribution in [0.25, 0.3) is 11.0 Å². The van der Waals surface area contributed by atoms with Crippen molar-refractivity contribution in [2.45, 2.75) is 6.54 Å². The van der Waals surface area contributed by atoms with Crippen molar-refractivity contribution < 1.29 is 9.55 Å². The summed E-state index contributed by atoms with van der Waals surface area (Å²) in [7, 11) is 0. The van der Waals surface area contributed by atoms with Crippen molar-refractivity contribution in [3.8, 4) is 0 Å². The van der Waals surface area contributed by atoms with Gasteiger partial charge in [-0.15, -0.1) is 0 Å². The van der Waals surface area contributed by atoms with Gasteiger partial charge in [0.05, 0.1) is 10.6 Å². The molecule has 128 valence electrons. The van der Waals surface area contributed by atoms with Gasteiger partial charge in [-0.2, -0.15) is 0 Å². The summed E-state index contributed by atoms with van der Waals surface area (Å²) in [6.07, 6.45) is 0. The van der Waals surface area contributed by atoms with E-state index in [1.54, 1.807) is 6.07 Å². The Balaban J connectivity index is 1.50. The van der Waals surface area contributed by atoms with E-state index in [-0.39, 0.29) is 11.2 Å². The smallest absolute Gasteiger partial charge is 0.300 e. The average molecular weight is 339 g/mol. The summed E-state index contributed by atoms with van der Waals surface area (Å²) in [5, 5.41) is 18.7. The van der Waals surface area contributed by atoms with E-state index in [2.05, 4.69) is 44.4 Å². The lowest BCUT2D eigenvalue weighted by atomic mass is 10.1. The van der Waals surface area contributed by atoms with Gasteiger partial charge >= 0.3 is 5.69 Å². The van der Waals surface area contributed by atoms with Crippen molar-refractivity contribution in [2.24, 2.45) is 0 Å². The summed E-state index contributed by atoms with van der Waals surface area (Å²) >= 11 is 0. The van der Waals surface area contributed by atoms with Gasteiger partial charge in [0.2, 0.25) is 5.52 Å². The van der Waals surface area contributed by atoms with Crippen LogP contribution in [0.3, 0.4) is 0 Å². The third kappa shape index (κ3) is 3.03. The molecular formula is C17H17N5O3. The van der Waals surface area contributed by atoms with E-state index in [0.717, 1.165) is 38.4 Å². The Morgan fingerprint density at radius 2 is 1.72 bits per heavy atom. The molecule has 0 N–H and O–H groups in total. The zero-order valence-corrected chi connectivity index (χ0v) is 13.5. The Morgan fingerprint density at radius 3 is 2.44 bits per heavy atom. The zero-order valence-electron chi connectivity index (χ0n) is 13.5. The minimum Gasteiger partial charge on any atom is -0.367 e. The van der Waals surface area contributed by atoms with E-state index in [1.165, 1.54) is 11.6 Å². The normalized spacial score (nSPS) is 15.6. The first-order chi connectivity index (χ1) is 12.2. The number of nitro groups is 1. The van der Waals surface area contributed by atoms with E-state index < -0.39 is 4.92 Å². The van der Waals surface area contributed by atoms with Crippen LogP contribution in [0.1, 0.15) is 5.56 Å². The van der Waals surface area contributed by atoms with Crippen LogP contribution < -0.4 is 4.90 Å². The molecule has 8 nitrogen and oxygen atoms in total. The summed E-state index contributed by atoms with van der Waals surface area (Å²) in [4.78, 5) is 15.2. The van der Waals surface area contributed by atoms with Crippen LogP contribution in [-0.2, 0) is 6.54 Å². The number of piperazine rings is 1. The molecule has 2 heterocycles. The molecule has 1 aliphatic heterocycles. The molecule has 0 radical (unpaired) electrons. The van der Waals surface area contributed by atoms with Crippen molar-refractivity contribution in [1.29, 1.82) is 0 Å². The zero-order chi connectivity index (χ0) is 17.2. The number of aromatic nitrogens is 2. The van der Waals surface area contributed by atoms with Crippen LogP contribution in [-0.4, -0.2) is 46.3 Å². The van der Waals surface area contributed by atoms with Crippen LogP contribution in [0.5, 0.6) is 0 Å².